The molecule has 6 heteroatoms. The first-order valence-corrected chi connectivity index (χ1v) is 6.22. The van der Waals surface area contributed by atoms with Crippen molar-refractivity contribution in [3.05, 3.63) is 42.1 Å². The molecule has 0 unspecified atom stereocenters. The van der Waals surface area contributed by atoms with E-state index in [0.29, 0.717) is 22.7 Å². The van der Waals surface area contributed by atoms with Gasteiger partial charge in [-0.15, -0.1) is 0 Å². The van der Waals surface area contributed by atoms with E-state index in [9.17, 15) is 4.79 Å². The second-order valence-corrected chi connectivity index (χ2v) is 4.08. The van der Waals surface area contributed by atoms with Gasteiger partial charge in [0.15, 0.2) is 0 Å². The van der Waals surface area contributed by atoms with Gasteiger partial charge in [0.2, 0.25) is 5.88 Å². The lowest BCUT2D eigenvalue weighted by Crippen LogP contribution is -2.14. The summed E-state index contributed by atoms with van der Waals surface area (Å²) in [6.45, 7) is 0. The molecule has 0 aliphatic rings. The number of methoxy groups -OCH3 is 3. The smallest absolute Gasteiger partial charge is 0.261 e. The van der Waals surface area contributed by atoms with E-state index in [-0.39, 0.29) is 11.8 Å². The Morgan fingerprint density at radius 2 is 1.90 bits per heavy atom. The zero-order valence-corrected chi connectivity index (χ0v) is 12.0. The molecule has 1 aromatic carbocycles. The number of amides is 1. The first-order valence-electron chi connectivity index (χ1n) is 6.22. The standard InChI is InChI=1S/C15H16N2O4/c1-19-10-6-7-12(13(9-10)20-2)17-14(18)11-5-4-8-16-15(11)21-3/h4-9H,1-3H3,(H,17,18). The molecule has 1 aromatic heterocycles. The molecule has 0 aliphatic heterocycles. The fourth-order valence-electron chi connectivity index (χ4n) is 1.82. The largest absolute Gasteiger partial charge is 0.497 e. The van der Waals surface area contributed by atoms with E-state index in [4.69, 9.17) is 14.2 Å². The molecule has 0 aliphatic carbocycles. The first-order chi connectivity index (χ1) is 10.2. The minimum absolute atomic E-state index is 0.266. The quantitative estimate of drug-likeness (QED) is 0.914. The zero-order chi connectivity index (χ0) is 15.2. The summed E-state index contributed by atoms with van der Waals surface area (Å²) >= 11 is 0. The van der Waals surface area contributed by atoms with Crippen molar-refractivity contribution >= 4 is 11.6 Å². The molecule has 0 atom stereocenters. The molecular weight excluding hydrogens is 272 g/mol. The van der Waals surface area contributed by atoms with Gasteiger partial charge < -0.3 is 19.5 Å². The van der Waals surface area contributed by atoms with Crippen LogP contribution in [-0.4, -0.2) is 32.2 Å². The molecule has 1 amide bonds. The van der Waals surface area contributed by atoms with Gasteiger partial charge in [0.25, 0.3) is 5.91 Å². The third kappa shape index (κ3) is 3.22. The van der Waals surface area contributed by atoms with Gasteiger partial charge in [-0.05, 0) is 24.3 Å². The molecule has 0 radical (unpaired) electrons. The van der Waals surface area contributed by atoms with Crippen LogP contribution < -0.4 is 19.5 Å². The third-order valence-corrected chi connectivity index (χ3v) is 2.87. The highest BCUT2D eigenvalue weighted by Gasteiger charge is 2.15. The van der Waals surface area contributed by atoms with Crippen molar-refractivity contribution in [1.29, 1.82) is 0 Å². The van der Waals surface area contributed by atoms with Crippen LogP contribution >= 0.6 is 0 Å². The number of aromatic nitrogens is 1. The summed E-state index contributed by atoms with van der Waals surface area (Å²) in [5, 5.41) is 2.76. The predicted octanol–water partition coefficient (Wildman–Crippen LogP) is 2.36. The highest BCUT2D eigenvalue weighted by atomic mass is 16.5. The van der Waals surface area contributed by atoms with Crippen LogP contribution in [0.3, 0.4) is 0 Å². The maximum atomic E-state index is 12.3. The second-order valence-electron chi connectivity index (χ2n) is 4.08. The van der Waals surface area contributed by atoms with Gasteiger partial charge in [-0.1, -0.05) is 0 Å². The number of nitrogens with zero attached hydrogens (tertiary/aromatic N) is 1. The minimum Gasteiger partial charge on any atom is -0.497 e. The number of benzene rings is 1. The summed E-state index contributed by atoms with van der Waals surface area (Å²) in [4.78, 5) is 16.3. The van der Waals surface area contributed by atoms with Gasteiger partial charge in [-0.2, -0.15) is 0 Å². The molecule has 0 bridgehead atoms. The van der Waals surface area contributed by atoms with E-state index in [1.165, 1.54) is 14.2 Å². The highest BCUT2D eigenvalue weighted by molar-refractivity contribution is 6.06. The Kier molecular flexibility index (Phi) is 4.61. The summed E-state index contributed by atoms with van der Waals surface area (Å²) in [6.07, 6.45) is 1.56. The number of hydrogen-bond acceptors (Lipinski definition) is 5. The lowest BCUT2D eigenvalue weighted by molar-refractivity contribution is 0.102. The van der Waals surface area contributed by atoms with Gasteiger partial charge in [0.05, 0.1) is 27.0 Å². The van der Waals surface area contributed by atoms with Crippen molar-refractivity contribution < 1.29 is 19.0 Å². The van der Waals surface area contributed by atoms with Crippen LogP contribution in [0, 0.1) is 0 Å². The lowest BCUT2D eigenvalue weighted by atomic mass is 10.2. The maximum Gasteiger partial charge on any atom is 0.261 e. The Balaban J connectivity index is 2.27. The Morgan fingerprint density at radius 3 is 2.57 bits per heavy atom. The molecule has 0 spiro atoms. The van der Waals surface area contributed by atoms with Crippen LogP contribution in [0.2, 0.25) is 0 Å². The van der Waals surface area contributed by atoms with Crippen molar-refractivity contribution in [1.82, 2.24) is 4.98 Å². The van der Waals surface area contributed by atoms with Crippen molar-refractivity contribution in [3.63, 3.8) is 0 Å². The van der Waals surface area contributed by atoms with Crippen molar-refractivity contribution in [2.24, 2.45) is 0 Å². The number of ether oxygens (including phenoxy) is 3. The van der Waals surface area contributed by atoms with Gasteiger partial charge in [-0.3, -0.25) is 4.79 Å². The van der Waals surface area contributed by atoms with Gasteiger partial charge in [-0.25, -0.2) is 4.98 Å². The number of carbonyl (C=O) groups is 1. The van der Waals surface area contributed by atoms with E-state index in [0.717, 1.165) is 0 Å². The number of anilines is 1. The molecule has 0 fully saturated rings. The molecule has 1 N–H and O–H groups in total. The van der Waals surface area contributed by atoms with E-state index in [1.807, 2.05) is 0 Å². The van der Waals surface area contributed by atoms with Crippen LogP contribution in [0.5, 0.6) is 17.4 Å². The molecule has 21 heavy (non-hydrogen) atoms. The number of carbonyl (C=O) groups excluding carboxylic acids is 1. The minimum atomic E-state index is -0.330. The molecule has 6 nitrogen and oxygen atoms in total. The summed E-state index contributed by atoms with van der Waals surface area (Å²) in [5.74, 6) is 1.08. The second kappa shape index (κ2) is 6.60. The van der Waals surface area contributed by atoms with Crippen molar-refractivity contribution in [3.8, 4) is 17.4 Å². The number of rotatable bonds is 5. The van der Waals surface area contributed by atoms with Crippen LogP contribution in [0.25, 0.3) is 0 Å². The molecular formula is C15H16N2O4. The fraction of sp³-hybridized carbons (Fsp3) is 0.200. The maximum absolute atomic E-state index is 12.3. The Bertz CT molecular complexity index is 643. The van der Waals surface area contributed by atoms with Crippen molar-refractivity contribution in [2.45, 2.75) is 0 Å². The van der Waals surface area contributed by atoms with E-state index in [1.54, 1.807) is 43.6 Å². The van der Waals surface area contributed by atoms with Crippen LogP contribution in [0.1, 0.15) is 10.4 Å². The monoisotopic (exact) mass is 288 g/mol. The Morgan fingerprint density at radius 1 is 1.10 bits per heavy atom. The summed E-state index contributed by atoms with van der Waals surface area (Å²) in [5.41, 5.74) is 0.882. The Labute approximate surface area is 122 Å². The molecule has 2 aromatic rings. The van der Waals surface area contributed by atoms with E-state index < -0.39 is 0 Å². The molecule has 0 saturated heterocycles. The van der Waals surface area contributed by atoms with Crippen LogP contribution in [0.4, 0.5) is 5.69 Å². The third-order valence-electron chi connectivity index (χ3n) is 2.87. The number of nitrogens with one attached hydrogen (secondary N) is 1. The molecule has 0 saturated carbocycles. The zero-order valence-electron chi connectivity index (χ0n) is 12.0. The van der Waals surface area contributed by atoms with Crippen molar-refractivity contribution in [2.75, 3.05) is 26.6 Å². The van der Waals surface area contributed by atoms with Crippen LogP contribution in [0.15, 0.2) is 36.5 Å². The predicted molar refractivity (Wildman–Crippen MR) is 78.3 cm³/mol. The Hall–Kier alpha value is -2.76. The topological polar surface area (TPSA) is 69.7 Å². The molecule has 110 valence electrons. The van der Waals surface area contributed by atoms with Gasteiger partial charge in [0, 0.05) is 12.3 Å². The summed E-state index contributed by atoms with van der Waals surface area (Å²) in [7, 11) is 4.55. The summed E-state index contributed by atoms with van der Waals surface area (Å²) < 4.78 is 15.4. The van der Waals surface area contributed by atoms with Gasteiger partial charge in [0.1, 0.15) is 17.1 Å². The average molecular weight is 288 g/mol. The van der Waals surface area contributed by atoms with E-state index >= 15 is 0 Å². The van der Waals surface area contributed by atoms with Crippen LogP contribution in [-0.2, 0) is 0 Å². The highest BCUT2D eigenvalue weighted by Crippen LogP contribution is 2.29. The molecule has 2 rings (SSSR count). The fourth-order valence-corrected chi connectivity index (χ4v) is 1.82. The average Bonchev–Trinajstić information content (AvgIpc) is 2.55. The number of pyridine rings is 1. The molecule has 1 heterocycles. The SMILES string of the molecule is COc1ccc(NC(=O)c2cccnc2OC)c(OC)c1. The first kappa shape index (κ1) is 14.6. The van der Waals surface area contributed by atoms with E-state index in [2.05, 4.69) is 10.3 Å². The summed E-state index contributed by atoms with van der Waals surface area (Å²) in [6, 6.07) is 8.44. The number of hydrogen-bond donors (Lipinski definition) is 1. The normalized spacial score (nSPS) is 9.86. The lowest BCUT2D eigenvalue weighted by Gasteiger charge is -2.12. The van der Waals surface area contributed by atoms with Gasteiger partial charge >= 0.3 is 0 Å².